The molecule has 7 aromatic rings. The molecule has 1 saturated heterocycles. The van der Waals surface area contributed by atoms with Crippen molar-refractivity contribution in [3.8, 4) is 22.3 Å². The number of hydrogen-bond donors (Lipinski definition) is 2. The topological polar surface area (TPSA) is 161 Å². The van der Waals surface area contributed by atoms with Crippen molar-refractivity contribution in [3.05, 3.63) is 159 Å². The van der Waals surface area contributed by atoms with Crippen LogP contribution in [-0.4, -0.2) is 62.0 Å². The predicted octanol–water partition coefficient (Wildman–Crippen LogP) is 10.6. The van der Waals surface area contributed by atoms with Gasteiger partial charge in [0.15, 0.2) is 0 Å². The van der Waals surface area contributed by atoms with Gasteiger partial charge in [0.1, 0.15) is 22.9 Å². The van der Waals surface area contributed by atoms with Crippen molar-refractivity contribution in [1.29, 1.82) is 0 Å². The first-order valence-electron chi connectivity index (χ1n) is 23.0. The molecular weight excluding hydrogens is 943 g/mol. The second-order valence-corrected chi connectivity index (χ2v) is 18.2. The molecule has 13 nitrogen and oxygen atoms in total. The Labute approximate surface area is 408 Å². The summed E-state index contributed by atoms with van der Waals surface area (Å²) in [7, 11) is 1.64. The number of carbonyl (C=O) groups is 3. The minimum Gasteiger partial charge on any atom is -0.381 e. The zero-order valence-electron chi connectivity index (χ0n) is 39.3. The molecule has 2 aliphatic heterocycles. The van der Waals surface area contributed by atoms with Crippen LogP contribution in [0.25, 0.3) is 33.3 Å². The highest BCUT2D eigenvalue weighted by atomic mass is 19.4. The number of nitrogens with one attached hydrogen (secondary N) is 2. The molecule has 2 fully saturated rings. The van der Waals surface area contributed by atoms with E-state index in [-0.39, 0.29) is 39.8 Å². The molecule has 370 valence electrons. The summed E-state index contributed by atoms with van der Waals surface area (Å²) in [5, 5.41) is 6.11. The Morgan fingerprint density at radius 2 is 1.25 bits per heavy atom. The molecule has 10 rings (SSSR count). The summed E-state index contributed by atoms with van der Waals surface area (Å²) in [6, 6.07) is 21.6. The van der Waals surface area contributed by atoms with Gasteiger partial charge in [0.25, 0.3) is 17.4 Å². The monoisotopic (exact) mass is 988 g/mol. The molecule has 19 heteroatoms. The number of aryl methyl sites for hydroxylation is 3. The lowest BCUT2D eigenvalue weighted by molar-refractivity contribution is -0.142. The minimum atomic E-state index is -4.65. The molecule has 2 aromatic carbocycles. The lowest BCUT2D eigenvalue weighted by Crippen LogP contribution is -2.58. The second kappa shape index (κ2) is 19.1. The van der Waals surface area contributed by atoms with Crippen molar-refractivity contribution in [2.24, 2.45) is 18.4 Å². The summed E-state index contributed by atoms with van der Waals surface area (Å²) in [5.74, 6) is -0.462. The maximum Gasteiger partial charge on any atom is 0.433 e. The molecule has 2 atom stereocenters. The Morgan fingerprint density at radius 3 is 1.79 bits per heavy atom. The predicted molar refractivity (Wildman–Crippen MR) is 257 cm³/mol. The standard InChI is InChI=1S/C30H29F3N4O3.C23H17F3N4O2/c1-3-37-26-22(25-23(28(37)39)15-29(25)7-10-40-11-8-29)12-19(16-35-26)21-14-20(5-4-17(21)2)36-27(38)18-6-9-34-24(13-18)30(31,32)33;1-13-3-5-17(29-22(32)15-7-8-27-19(10-15)23(24,25)26)11-18(13)16-9-14-4-6-20(31)30(2)21(14)28-12-16/h4-6,9,12-14,16,23,25H,3,7-8,10-11,15H2,1-2H3,(H,36,38);3-12H,1-2H3,(H,29,32). The summed E-state index contributed by atoms with van der Waals surface area (Å²) >= 11 is 0. The van der Waals surface area contributed by atoms with Gasteiger partial charge in [-0.2, -0.15) is 26.3 Å². The number of nitrogens with zero attached hydrogens (tertiary/aromatic N) is 6. The van der Waals surface area contributed by atoms with E-state index in [4.69, 9.17) is 9.72 Å². The average molecular weight is 989 g/mol. The van der Waals surface area contributed by atoms with Gasteiger partial charge in [-0.05, 0) is 134 Å². The number of ether oxygens (including phenoxy) is 1. The van der Waals surface area contributed by atoms with Gasteiger partial charge in [-0.3, -0.25) is 38.6 Å². The molecule has 1 saturated carbocycles. The van der Waals surface area contributed by atoms with E-state index in [1.165, 1.54) is 22.8 Å². The van der Waals surface area contributed by atoms with Crippen LogP contribution >= 0.6 is 0 Å². The number of rotatable bonds is 7. The average Bonchev–Trinajstić information content (AvgIpc) is 3.36. The molecule has 5 aromatic heterocycles. The normalized spacial score (nSPS) is 17.0. The van der Waals surface area contributed by atoms with Crippen molar-refractivity contribution >= 4 is 45.9 Å². The van der Waals surface area contributed by atoms with Gasteiger partial charge in [0.2, 0.25) is 5.91 Å². The molecule has 1 spiro atoms. The summed E-state index contributed by atoms with van der Waals surface area (Å²) < 4.78 is 85.0. The summed E-state index contributed by atoms with van der Waals surface area (Å²) in [4.78, 5) is 68.0. The van der Waals surface area contributed by atoms with Crippen molar-refractivity contribution in [1.82, 2.24) is 24.5 Å². The quantitative estimate of drug-likeness (QED) is 0.148. The van der Waals surface area contributed by atoms with E-state index < -0.39 is 35.6 Å². The van der Waals surface area contributed by atoms with E-state index in [0.29, 0.717) is 48.7 Å². The third-order valence-electron chi connectivity index (χ3n) is 13.7. The number of amides is 3. The second-order valence-electron chi connectivity index (χ2n) is 18.2. The number of fused-ring (bicyclic) bond motifs is 5. The van der Waals surface area contributed by atoms with E-state index in [1.54, 1.807) is 60.7 Å². The van der Waals surface area contributed by atoms with Gasteiger partial charge < -0.3 is 15.4 Å². The largest absolute Gasteiger partial charge is 0.433 e. The molecule has 7 heterocycles. The van der Waals surface area contributed by atoms with E-state index in [9.17, 15) is 45.5 Å². The fraction of sp³-hybridized carbons (Fsp3) is 0.283. The Balaban J connectivity index is 0.000000182. The SMILES string of the molecule is CCN1C(=O)C2CC3(CCOCC3)C2c2cc(-c3cc(NC(=O)c4ccnc(C(F)(F)F)c4)ccc3C)cnc21.Cc1ccc(NC(=O)c2ccnc(C(F)(F)F)c2)cc1-c1cnc2c(ccc(=O)n2C)c1. The summed E-state index contributed by atoms with van der Waals surface area (Å²) in [6.45, 7) is 7.73. The Morgan fingerprint density at radius 1 is 0.708 bits per heavy atom. The van der Waals surface area contributed by atoms with Crippen molar-refractivity contribution < 1.29 is 45.5 Å². The van der Waals surface area contributed by atoms with Crippen molar-refractivity contribution in [3.63, 3.8) is 0 Å². The Bertz CT molecular complexity index is 3350. The van der Waals surface area contributed by atoms with E-state index in [0.717, 1.165) is 82.1 Å². The third kappa shape index (κ3) is 9.55. The maximum atomic E-state index is 13.3. The van der Waals surface area contributed by atoms with Crippen LogP contribution in [-0.2, 0) is 28.9 Å². The van der Waals surface area contributed by atoms with E-state index >= 15 is 0 Å². The van der Waals surface area contributed by atoms with Crippen LogP contribution in [0.2, 0.25) is 0 Å². The Hall–Kier alpha value is -7.80. The first kappa shape index (κ1) is 49.2. The van der Waals surface area contributed by atoms with Crippen molar-refractivity contribution in [2.45, 2.75) is 58.3 Å². The van der Waals surface area contributed by atoms with E-state index in [1.807, 2.05) is 32.9 Å². The van der Waals surface area contributed by atoms with Gasteiger partial charge in [-0.1, -0.05) is 12.1 Å². The van der Waals surface area contributed by atoms with Crippen LogP contribution < -0.4 is 21.1 Å². The third-order valence-corrected chi connectivity index (χ3v) is 13.7. The summed E-state index contributed by atoms with van der Waals surface area (Å²) in [5.41, 5.74) is 4.94. The first-order valence-corrected chi connectivity index (χ1v) is 23.0. The van der Waals surface area contributed by atoms with Gasteiger partial charge >= 0.3 is 12.4 Å². The lowest BCUT2D eigenvalue weighted by atomic mass is 9.47. The van der Waals surface area contributed by atoms with Crippen LogP contribution in [0, 0.1) is 25.2 Å². The number of aromatic nitrogens is 5. The van der Waals surface area contributed by atoms with Crippen LogP contribution in [0.5, 0.6) is 0 Å². The van der Waals surface area contributed by atoms with E-state index in [2.05, 4.69) is 31.7 Å². The van der Waals surface area contributed by atoms with Crippen LogP contribution in [0.15, 0.2) is 115 Å². The fourth-order valence-corrected chi connectivity index (χ4v) is 9.99. The molecule has 72 heavy (non-hydrogen) atoms. The summed E-state index contributed by atoms with van der Waals surface area (Å²) in [6.07, 6.45) is -1.28. The molecule has 2 unspecified atom stereocenters. The highest BCUT2D eigenvalue weighted by Gasteiger charge is 2.61. The van der Waals surface area contributed by atoms with Crippen LogP contribution in [0.4, 0.5) is 43.5 Å². The van der Waals surface area contributed by atoms with Crippen LogP contribution in [0.3, 0.4) is 0 Å². The molecular formula is C53H46F6N8O5. The molecule has 0 radical (unpaired) electrons. The highest BCUT2D eigenvalue weighted by molar-refractivity contribution is 6.05. The molecule has 2 N–H and O–H groups in total. The van der Waals surface area contributed by atoms with Gasteiger partial charge in [0.05, 0.1) is 0 Å². The molecule has 1 aliphatic carbocycles. The number of carbonyl (C=O) groups excluding carboxylic acids is 3. The maximum absolute atomic E-state index is 13.3. The number of halogens is 6. The number of hydrogen-bond acceptors (Lipinski definition) is 9. The zero-order valence-corrected chi connectivity index (χ0v) is 39.3. The minimum absolute atomic E-state index is 0.0398. The fourth-order valence-electron chi connectivity index (χ4n) is 9.99. The Kier molecular flexibility index (Phi) is 13.0. The number of anilines is 3. The number of pyridine rings is 5. The van der Waals surface area contributed by atoms with Crippen LogP contribution in [0.1, 0.15) is 80.9 Å². The molecule has 3 aliphatic rings. The lowest BCUT2D eigenvalue weighted by Gasteiger charge is -2.59. The molecule has 3 amide bonds. The number of benzene rings is 2. The van der Waals surface area contributed by atoms with Gasteiger partial charge in [0, 0.05) is 114 Å². The number of alkyl halides is 6. The highest BCUT2D eigenvalue weighted by Crippen LogP contribution is 2.65. The molecule has 0 bridgehead atoms. The zero-order chi connectivity index (χ0) is 51.3. The van der Waals surface area contributed by atoms with Gasteiger partial charge in [-0.25, -0.2) is 9.97 Å². The first-order chi connectivity index (χ1) is 34.2. The van der Waals surface area contributed by atoms with Gasteiger partial charge in [-0.15, -0.1) is 0 Å². The smallest absolute Gasteiger partial charge is 0.381 e. The van der Waals surface area contributed by atoms with Crippen molar-refractivity contribution in [2.75, 3.05) is 35.3 Å².